The van der Waals surface area contributed by atoms with E-state index in [9.17, 15) is 94.3 Å². The van der Waals surface area contributed by atoms with Crippen LogP contribution in [-0.4, -0.2) is 249 Å². The lowest BCUT2D eigenvalue weighted by atomic mass is 9.94. The molecule has 0 aliphatic rings. The van der Waals surface area contributed by atoms with Gasteiger partial charge in [0.15, 0.2) is 0 Å². The number of nitrogens with zero attached hydrogens (tertiary/aromatic N) is 10. The molecule has 8 rings (SSSR count). The third kappa shape index (κ3) is 19.0. The van der Waals surface area contributed by atoms with Gasteiger partial charge in [-0.1, -0.05) is 36.4 Å². The van der Waals surface area contributed by atoms with Crippen LogP contribution in [0, 0.1) is 0 Å². The zero-order valence-electron chi connectivity index (χ0n) is 52.7. The number of carboxylic acids is 2. The second kappa shape index (κ2) is 34.5. The molecule has 0 saturated heterocycles. The number of aromatic carboxylic acids is 2. The minimum atomic E-state index is -4.29. The van der Waals surface area contributed by atoms with Crippen LogP contribution in [0.1, 0.15) is 20.7 Å². The van der Waals surface area contributed by atoms with Crippen LogP contribution in [0.25, 0.3) is 11.1 Å². The maximum Gasteiger partial charge on any atom is 0.336 e. The van der Waals surface area contributed by atoms with Crippen molar-refractivity contribution in [3.63, 3.8) is 0 Å². The van der Waals surface area contributed by atoms with Gasteiger partial charge in [0.2, 0.25) is 75.8 Å². The molecule has 0 radical (unpaired) electrons. The molecule has 0 unspecified atom stereocenters. The van der Waals surface area contributed by atoms with Gasteiger partial charge in [-0.2, -0.15) is 47.1 Å². The molecule has 8 aromatic rings. The number of anilines is 12. The monoisotopic (exact) mass is 1460 g/mol. The molecule has 0 fully saturated rings. The molecule has 16 N–H and O–H groups in total. The molecule has 534 valence electrons. The summed E-state index contributed by atoms with van der Waals surface area (Å²) in [5.74, 6) is -4.76. The van der Waals surface area contributed by atoms with E-state index in [0.29, 0.717) is 0 Å². The van der Waals surface area contributed by atoms with Gasteiger partial charge in [-0.05, 0) is 108 Å². The average Bonchev–Trinajstić information content (AvgIpc) is 0.802. The lowest BCUT2D eigenvalue weighted by Gasteiger charge is -2.21. The third-order valence-corrected chi connectivity index (χ3v) is 21.9. The Morgan fingerprint density at radius 1 is 0.290 bits per heavy atom. The standard InChI is InChI=1S/C60H70N16O20S4/c77-25-17-73(18-26-78)97(89,90)45-9-1-5-39(33-45)61-55-67-56(62-40-6-2-10-46(34-40)98(91,92)74(19-27-79)20-28-80)70-59(69-55)65-43-13-15-49(51(37-43)53(85)86)50-16-14-44(38-52(50)54(87)88)66-60-71-57(63-41-7-3-11-47(35-41)99(93,94)75(21-29-81)22-30-82)68-58(72-60)64-42-8-4-12-48(36-42)100(95,96)76(23-31-83)24-32-84/h1-16,33-38,77-84H,17-32H2,(H,85,86)(H,87,88)(H3,61,62,65,67,69,70)(H3,63,64,66,68,71,72). The number of hydrogen-bond acceptors (Lipinski definition) is 30. The molecular formula is C60H70N16O20S4. The van der Waals surface area contributed by atoms with Gasteiger partial charge in [-0.15, -0.1) is 0 Å². The molecule has 100 heavy (non-hydrogen) atoms. The zero-order chi connectivity index (χ0) is 72.4. The summed E-state index contributed by atoms with van der Waals surface area (Å²) >= 11 is 0. The molecule has 0 aliphatic heterocycles. The fourth-order valence-electron chi connectivity index (χ4n) is 9.76. The number of carboxylic acid groups (broad SMARTS) is 2. The van der Waals surface area contributed by atoms with Crippen LogP contribution < -0.4 is 31.9 Å². The summed E-state index contributed by atoms with van der Waals surface area (Å²) in [7, 11) is -17.2. The van der Waals surface area contributed by atoms with Gasteiger partial charge in [0, 0.05) is 86.5 Å². The van der Waals surface area contributed by atoms with E-state index in [4.69, 9.17) is 0 Å². The van der Waals surface area contributed by atoms with Gasteiger partial charge in [0.25, 0.3) is 0 Å². The van der Waals surface area contributed by atoms with Crippen molar-refractivity contribution in [1.82, 2.24) is 47.1 Å². The highest BCUT2D eigenvalue weighted by atomic mass is 32.2. The van der Waals surface area contributed by atoms with E-state index in [-0.39, 0.29) is 153 Å². The van der Waals surface area contributed by atoms with Crippen molar-refractivity contribution < 1.29 is 94.3 Å². The van der Waals surface area contributed by atoms with Crippen LogP contribution >= 0.6 is 0 Å². The first kappa shape index (κ1) is 76.2. The number of aromatic nitrogens is 6. The Balaban J connectivity index is 1.15. The van der Waals surface area contributed by atoms with Gasteiger partial charge in [-0.25, -0.2) is 43.3 Å². The number of aliphatic hydroxyl groups excluding tert-OH is 8. The summed E-state index contributed by atoms with van der Waals surface area (Å²) in [4.78, 5) is 52.0. The van der Waals surface area contributed by atoms with Crippen molar-refractivity contribution in [3.05, 3.63) is 145 Å². The molecule has 0 atom stereocenters. The van der Waals surface area contributed by atoms with E-state index in [1.165, 1.54) is 121 Å². The molecule has 2 aromatic heterocycles. The van der Waals surface area contributed by atoms with Gasteiger partial charge in [-0.3, -0.25) is 0 Å². The van der Waals surface area contributed by atoms with E-state index in [0.717, 1.165) is 29.4 Å². The molecular weight excluding hydrogens is 1390 g/mol. The normalized spacial score (nSPS) is 12.1. The highest BCUT2D eigenvalue weighted by Gasteiger charge is 2.29. The zero-order valence-corrected chi connectivity index (χ0v) is 55.9. The number of nitrogens with one attached hydrogen (secondary N) is 6. The summed E-state index contributed by atoms with van der Waals surface area (Å²) in [5.41, 5.74) is -0.744. The van der Waals surface area contributed by atoms with Gasteiger partial charge < -0.3 is 83.0 Å². The summed E-state index contributed by atoms with van der Waals surface area (Å²) in [6.45, 7) is -7.03. The molecule has 0 saturated carbocycles. The lowest BCUT2D eigenvalue weighted by molar-refractivity contribution is 0.0684. The van der Waals surface area contributed by atoms with Crippen molar-refractivity contribution in [2.45, 2.75) is 19.6 Å². The SMILES string of the molecule is O=C(O)c1cc(Nc2nc(Nc3cccc(S(=O)(=O)N(CCO)CCO)c3)nc(Nc3cccc(S(=O)(=O)N(CCO)CCO)c3)n2)ccc1-c1ccc(Nc2nc(Nc3cccc(S(=O)(=O)N(CCO)CCO)c3)nc(Nc3cccc(S(=O)(=O)N(CCO)CCO)c3)n2)cc1C(=O)O. The fourth-order valence-corrected chi connectivity index (χ4v) is 15.6. The minimum absolute atomic E-state index is 0.00223. The topological polar surface area (TPSA) is 535 Å². The Labute approximate surface area is 572 Å². The van der Waals surface area contributed by atoms with E-state index in [1.54, 1.807) is 0 Å². The minimum Gasteiger partial charge on any atom is -0.478 e. The van der Waals surface area contributed by atoms with Crippen LogP contribution in [0.15, 0.2) is 153 Å². The lowest BCUT2D eigenvalue weighted by Crippen LogP contribution is -2.35. The smallest absolute Gasteiger partial charge is 0.336 e. The first-order valence-corrected chi connectivity index (χ1v) is 35.8. The van der Waals surface area contributed by atoms with Crippen molar-refractivity contribution in [2.24, 2.45) is 0 Å². The predicted molar refractivity (Wildman–Crippen MR) is 363 cm³/mol. The van der Waals surface area contributed by atoms with Crippen LogP contribution in [-0.2, 0) is 40.1 Å². The van der Waals surface area contributed by atoms with Crippen molar-refractivity contribution >= 4 is 122 Å². The van der Waals surface area contributed by atoms with E-state index in [2.05, 4.69) is 61.8 Å². The largest absolute Gasteiger partial charge is 0.478 e. The number of sulfonamides is 4. The molecule has 0 amide bonds. The number of rotatable bonds is 39. The quantitative estimate of drug-likeness (QED) is 0.0259. The summed E-state index contributed by atoms with van der Waals surface area (Å²) in [6.07, 6.45) is 0. The molecule has 6 aromatic carbocycles. The van der Waals surface area contributed by atoms with Crippen LogP contribution in [0.2, 0.25) is 0 Å². The maximum absolute atomic E-state index is 13.6. The van der Waals surface area contributed by atoms with E-state index >= 15 is 0 Å². The van der Waals surface area contributed by atoms with Crippen molar-refractivity contribution in [1.29, 1.82) is 0 Å². The molecule has 0 spiro atoms. The fraction of sp³-hybridized carbons (Fsp3) is 0.267. The first-order valence-electron chi connectivity index (χ1n) is 30.0. The second-order valence-corrected chi connectivity index (χ2v) is 28.8. The van der Waals surface area contributed by atoms with Gasteiger partial charge in [0.1, 0.15) is 0 Å². The Hall–Kier alpha value is -9.60. The Bertz CT molecular complexity index is 4150. The first-order chi connectivity index (χ1) is 47.8. The predicted octanol–water partition coefficient (Wildman–Crippen LogP) is 1.48. The molecule has 0 aliphatic carbocycles. The Morgan fingerprint density at radius 2 is 0.480 bits per heavy atom. The molecule has 36 nitrogen and oxygen atoms in total. The Morgan fingerprint density at radius 3 is 0.660 bits per heavy atom. The number of benzene rings is 6. The van der Waals surface area contributed by atoms with Gasteiger partial charge >= 0.3 is 11.9 Å². The number of aliphatic hydroxyl groups is 8. The van der Waals surface area contributed by atoms with E-state index < -0.39 is 116 Å². The molecule has 2 heterocycles. The van der Waals surface area contributed by atoms with Gasteiger partial charge in [0.05, 0.1) is 83.6 Å². The van der Waals surface area contributed by atoms with Crippen LogP contribution in [0.3, 0.4) is 0 Å². The van der Waals surface area contributed by atoms with Crippen molar-refractivity contribution in [3.8, 4) is 11.1 Å². The molecule has 40 heteroatoms. The van der Waals surface area contributed by atoms with Crippen molar-refractivity contribution in [2.75, 3.05) is 137 Å². The summed E-state index contributed by atoms with van der Waals surface area (Å²) in [6, 6.07) is 29.0. The average molecular weight is 1460 g/mol. The highest BCUT2D eigenvalue weighted by molar-refractivity contribution is 7.90. The second-order valence-electron chi connectivity index (χ2n) is 21.0. The highest BCUT2D eigenvalue weighted by Crippen LogP contribution is 2.35. The number of hydrogen-bond donors (Lipinski definition) is 16. The maximum atomic E-state index is 13.6. The number of carbonyl (C=O) groups is 2. The summed E-state index contributed by atoms with van der Waals surface area (Å²) in [5, 5.41) is 115. The summed E-state index contributed by atoms with van der Waals surface area (Å²) < 4.78 is 113. The third-order valence-electron chi connectivity index (χ3n) is 14.3. The van der Waals surface area contributed by atoms with E-state index in [1.807, 2.05) is 0 Å². The van der Waals surface area contributed by atoms with Crippen LogP contribution in [0.4, 0.5) is 69.8 Å². The van der Waals surface area contributed by atoms with Crippen LogP contribution in [0.5, 0.6) is 0 Å². The Kier molecular flexibility index (Phi) is 26.2. The molecule has 0 bridgehead atoms.